The van der Waals surface area contributed by atoms with Gasteiger partial charge in [-0.15, -0.1) is 0 Å². The molecule has 2 atom stereocenters. The van der Waals surface area contributed by atoms with Gasteiger partial charge in [-0.1, -0.05) is 24.3 Å². The summed E-state index contributed by atoms with van der Waals surface area (Å²) in [6, 6.07) is 7.46. The highest BCUT2D eigenvalue weighted by atomic mass is 32.1. The number of aliphatic hydroxyl groups excluding tert-OH is 2. The van der Waals surface area contributed by atoms with Crippen molar-refractivity contribution in [2.24, 2.45) is 5.73 Å². The van der Waals surface area contributed by atoms with Crippen molar-refractivity contribution in [1.29, 1.82) is 0 Å². The Morgan fingerprint density at radius 3 is 2.67 bits per heavy atom. The predicted octanol–water partition coefficient (Wildman–Crippen LogP) is 0.512. The molecule has 84 valence electrons. The summed E-state index contributed by atoms with van der Waals surface area (Å²) in [7, 11) is 0. The quantitative estimate of drug-likeness (QED) is 0.554. The first-order chi connectivity index (χ1) is 7.19. The summed E-state index contributed by atoms with van der Waals surface area (Å²) >= 11 is 3.94. The minimum Gasteiger partial charge on any atom is -0.389 e. The molecule has 0 spiro atoms. The van der Waals surface area contributed by atoms with E-state index in [4.69, 9.17) is 5.73 Å². The Balaban J connectivity index is 2.80. The van der Waals surface area contributed by atoms with Crippen molar-refractivity contribution in [1.82, 2.24) is 0 Å². The van der Waals surface area contributed by atoms with E-state index in [9.17, 15) is 10.2 Å². The Hall–Kier alpha value is -0.550. The van der Waals surface area contributed by atoms with Gasteiger partial charge in [0, 0.05) is 5.75 Å². The average molecular weight is 227 g/mol. The van der Waals surface area contributed by atoms with Crippen LogP contribution in [-0.2, 0) is 6.42 Å². The van der Waals surface area contributed by atoms with Crippen LogP contribution in [0.2, 0.25) is 0 Å². The second kappa shape index (κ2) is 6.12. The molecule has 0 heterocycles. The molecule has 0 amide bonds. The summed E-state index contributed by atoms with van der Waals surface area (Å²) in [4.78, 5) is 0. The monoisotopic (exact) mass is 227 g/mol. The van der Waals surface area contributed by atoms with Crippen LogP contribution in [0.25, 0.3) is 0 Å². The number of aliphatic hydroxyl groups is 2. The summed E-state index contributed by atoms with van der Waals surface area (Å²) in [5.41, 5.74) is 7.23. The van der Waals surface area contributed by atoms with Crippen molar-refractivity contribution in [3.8, 4) is 0 Å². The Kier molecular flexibility index (Phi) is 5.11. The minimum atomic E-state index is -0.875. The molecular weight excluding hydrogens is 210 g/mol. The van der Waals surface area contributed by atoms with Crippen molar-refractivity contribution < 1.29 is 10.2 Å². The molecule has 0 aliphatic carbocycles. The standard InChI is InChI=1S/C11H17NO2S/c12-5-4-8-2-1-3-9(6-8)11(14)10(13)7-15/h1-3,6,10-11,13-15H,4-5,7,12H2. The van der Waals surface area contributed by atoms with E-state index in [1.165, 1.54) is 0 Å². The van der Waals surface area contributed by atoms with Gasteiger partial charge < -0.3 is 15.9 Å². The molecule has 0 aromatic heterocycles. The van der Waals surface area contributed by atoms with Gasteiger partial charge in [-0.25, -0.2) is 0 Å². The Bertz CT molecular complexity index is 306. The van der Waals surface area contributed by atoms with Crippen LogP contribution in [0.3, 0.4) is 0 Å². The van der Waals surface area contributed by atoms with Gasteiger partial charge in [0.2, 0.25) is 0 Å². The molecular formula is C11H17NO2S. The third kappa shape index (κ3) is 3.50. The van der Waals surface area contributed by atoms with Crippen molar-refractivity contribution >= 4 is 12.6 Å². The summed E-state index contributed by atoms with van der Waals surface area (Å²) in [6.45, 7) is 0.578. The lowest BCUT2D eigenvalue weighted by Crippen LogP contribution is -2.19. The molecule has 1 aromatic rings. The van der Waals surface area contributed by atoms with E-state index < -0.39 is 12.2 Å². The topological polar surface area (TPSA) is 66.5 Å². The first-order valence-electron chi connectivity index (χ1n) is 4.95. The van der Waals surface area contributed by atoms with Crippen LogP contribution >= 0.6 is 12.6 Å². The van der Waals surface area contributed by atoms with Gasteiger partial charge in [0.15, 0.2) is 0 Å². The smallest absolute Gasteiger partial charge is 0.106 e. The third-order valence-electron chi connectivity index (χ3n) is 2.28. The highest BCUT2D eigenvalue weighted by Gasteiger charge is 2.16. The molecule has 15 heavy (non-hydrogen) atoms. The van der Waals surface area contributed by atoms with E-state index in [2.05, 4.69) is 12.6 Å². The van der Waals surface area contributed by atoms with Crippen molar-refractivity contribution in [2.45, 2.75) is 18.6 Å². The summed E-state index contributed by atoms with van der Waals surface area (Å²) in [5.74, 6) is 0.238. The van der Waals surface area contributed by atoms with Crippen LogP contribution < -0.4 is 5.73 Å². The normalized spacial score (nSPS) is 14.9. The highest BCUT2D eigenvalue weighted by Crippen LogP contribution is 2.18. The van der Waals surface area contributed by atoms with E-state index in [0.29, 0.717) is 12.1 Å². The van der Waals surface area contributed by atoms with Crippen molar-refractivity contribution in [3.05, 3.63) is 35.4 Å². The maximum Gasteiger partial charge on any atom is 0.106 e. The van der Waals surface area contributed by atoms with E-state index in [0.717, 1.165) is 12.0 Å². The number of hydrogen-bond donors (Lipinski definition) is 4. The van der Waals surface area contributed by atoms with Crippen LogP contribution in [-0.4, -0.2) is 28.6 Å². The van der Waals surface area contributed by atoms with Crippen LogP contribution in [0.1, 0.15) is 17.2 Å². The molecule has 0 aliphatic heterocycles. The average Bonchev–Trinajstić information content (AvgIpc) is 2.28. The molecule has 4 heteroatoms. The summed E-state index contributed by atoms with van der Waals surface area (Å²) in [6.07, 6.45) is -0.931. The number of benzene rings is 1. The van der Waals surface area contributed by atoms with Crippen LogP contribution in [0, 0.1) is 0 Å². The first-order valence-corrected chi connectivity index (χ1v) is 5.58. The highest BCUT2D eigenvalue weighted by molar-refractivity contribution is 7.80. The molecule has 0 fully saturated rings. The van der Waals surface area contributed by atoms with Crippen molar-refractivity contribution in [3.63, 3.8) is 0 Å². The van der Waals surface area contributed by atoms with E-state index in [1.807, 2.05) is 18.2 Å². The Morgan fingerprint density at radius 1 is 1.33 bits per heavy atom. The van der Waals surface area contributed by atoms with E-state index in [-0.39, 0.29) is 5.75 Å². The second-order valence-corrected chi connectivity index (χ2v) is 3.84. The zero-order valence-electron chi connectivity index (χ0n) is 8.50. The van der Waals surface area contributed by atoms with E-state index >= 15 is 0 Å². The van der Waals surface area contributed by atoms with E-state index in [1.54, 1.807) is 6.07 Å². The fraction of sp³-hybridized carbons (Fsp3) is 0.455. The number of thiol groups is 1. The molecule has 0 radical (unpaired) electrons. The summed E-state index contributed by atoms with van der Waals surface area (Å²) in [5, 5.41) is 19.2. The van der Waals surface area contributed by atoms with Crippen LogP contribution in [0.5, 0.6) is 0 Å². The largest absolute Gasteiger partial charge is 0.389 e. The predicted molar refractivity (Wildman–Crippen MR) is 64.0 cm³/mol. The first kappa shape index (κ1) is 12.5. The Morgan fingerprint density at radius 2 is 2.07 bits per heavy atom. The fourth-order valence-electron chi connectivity index (χ4n) is 1.42. The van der Waals surface area contributed by atoms with Crippen LogP contribution in [0.4, 0.5) is 0 Å². The zero-order valence-corrected chi connectivity index (χ0v) is 9.40. The fourth-order valence-corrected chi connectivity index (χ4v) is 1.62. The third-order valence-corrected chi connectivity index (χ3v) is 2.65. The molecule has 4 N–H and O–H groups in total. The SMILES string of the molecule is NCCc1cccc(C(O)C(O)CS)c1. The maximum absolute atomic E-state index is 9.75. The molecule has 0 aliphatic rings. The lowest BCUT2D eigenvalue weighted by molar-refractivity contribution is 0.0337. The Labute approximate surface area is 95.3 Å². The summed E-state index contributed by atoms with van der Waals surface area (Å²) < 4.78 is 0. The van der Waals surface area contributed by atoms with Gasteiger partial charge >= 0.3 is 0 Å². The lowest BCUT2D eigenvalue weighted by atomic mass is 10.0. The zero-order chi connectivity index (χ0) is 11.3. The molecule has 0 bridgehead atoms. The number of nitrogens with two attached hydrogens (primary N) is 1. The van der Waals surface area contributed by atoms with Gasteiger partial charge in [-0.05, 0) is 24.1 Å². The number of hydrogen-bond acceptors (Lipinski definition) is 4. The van der Waals surface area contributed by atoms with Gasteiger partial charge in [0.05, 0.1) is 6.10 Å². The number of rotatable bonds is 5. The maximum atomic E-state index is 9.75. The van der Waals surface area contributed by atoms with Crippen molar-refractivity contribution in [2.75, 3.05) is 12.3 Å². The second-order valence-electron chi connectivity index (χ2n) is 3.48. The van der Waals surface area contributed by atoms with Gasteiger partial charge in [0.1, 0.15) is 6.10 Å². The molecule has 0 saturated carbocycles. The van der Waals surface area contributed by atoms with Gasteiger partial charge in [0.25, 0.3) is 0 Å². The molecule has 1 rings (SSSR count). The van der Waals surface area contributed by atoms with Crippen LogP contribution in [0.15, 0.2) is 24.3 Å². The molecule has 0 saturated heterocycles. The lowest BCUT2D eigenvalue weighted by Gasteiger charge is -2.16. The molecule has 3 nitrogen and oxygen atoms in total. The van der Waals surface area contributed by atoms with Gasteiger partial charge in [-0.3, -0.25) is 0 Å². The van der Waals surface area contributed by atoms with Gasteiger partial charge in [-0.2, -0.15) is 12.6 Å². The molecule has 1 aromatic carbocycles. The minimum absolute atomic E-state index is 0.238. The molecule has 2 unspecified atom stereocenters.